The number of piperazine rings is 1. The van der Waals surface area contributed by atoms with Crippen LogP contribution in [0, 0.1) is 32.0 Å². The summed E-state index contributed by atoms with van der Waals surface area (Å²) in [6, 6.07) is 10.3. The summed E-state index contributed by atoms with van der Waals surface area (Å²) in [7, 11) is 0. The van der Waals surface area contributed by atoms with E-state index in [0.717, 1.165) is 60.6 Å². The Labute approximate surface area is 419 Å². The molecule has 0 aliphatic carbocycles. The number of hydrogen-bond acceptors (Lipinski definition) is 10. The van der Waals surface area contributed by atoms with Crippen molar-refractivity contribution in [3.8, 4) is 10.4 Å². The number of aliphatic hydroxyl groups excluding tert-OH is 1. The second-order valence-electron chi connectivity index (χ2n) is 20.1. The summed E-state index contributed by atoms with van der Waals surface area (Å²) < 4.78 is 14.0. The number of H-pyrrole nitrogens is 1. The van der Waals surface area contributed by atoms with Gasteiger partial charge in [0.15, 0.2) is 0 Å². The van der Waals surface area contributed by atoms with Crippen molar-refractivity contribution in [2.45, 2.75) is 118 Å². The molecule has 3 atom stereocenters. The van der Waals surface area contributed by atoms with E-state index in [2.05, 4.69) is 36.1 Å². The number of aromatic amines is 1. The fourth-order valence-electron chi connectivity index (χ4n) is 9.61. The molecule has 71 heavy (non-hydrogen) atoms. The summed E-state index contributed by atoms with van der Waals surface area (Å²) in [5.41, 5.74) is 7.91. The highest BCUT2D eigenvalue weighted by Gasteiger charge is 2.44. The molecule has 0 saturated carbocycles. The summed E-state index contributed by atoms with van der Waals surface area (Å²) in [6.45, 7) is 15.5. The van der Waals surface area contributed by atoms with Crippen LogP contribution in [-0.4, -0.2) is 129 Å². The molecule has 2 aromatic heterocycles. The van der Waals surface area contributed by atoms with Crippen molar-refractivity contribution in [2.24, 2.45) is 5.41 Å². The Morgan fingerprint density at radius 1 is 0.944 bits per heavy atom. The Morgan fingerprint density at radius 3 is 2.35 bits per heavy atom. The molecular weight excluding hydrogens is 926 g/mol. The van der Waals surface area contributed by atoms with Crippen molar-refractivity contribution in [1.82, 2.24) is 40.6 Å². The van der Waals surface area contributed by atoms with Crippen LogP contribution >= 0.6 is 11.3 Å². The Bertz CT molecular complexity index is 2630. The van der Waals surface area contributed by atoms with Gasteiger partial charge in [-0.3, -0.25) is 33.7 Å². The number of rotatable bonds is 19. The predicted molar refractivity (Wildman–Crippen MR) is 272 cm³/mol. The highest BCUT2D eigenvalue weighted by molar-refractivity contribution is 7.13. The molecule has 6 amide bonds. The summed E-state index contributed by atoms with van der Waals surface area (Å²) in [4.78, 5) is 93.9. The molecule has 2 fully saturated rings. The number of halogens is 1. The summed E-state index contributed by atoms with van der Waals surface area (Å²) in [5.74, 6) is -1.88. The number of amides is 6. The third kappa shape index (κ3) is 13.2. The van der Waals surface area contributed by atoms with Gasteiger partial charge >= 0.3 is 0 Å². The molecule has 7 rings (SSSR count). The lowest BCUT2D eigenvalue weighted by Crippen LogP contribution is -2.57. The highest BCUT2D eigenvalue weighted by Crippen LogP contribution is 2.35. The number of carbonyl (C=O) groups excluding carboxylic acids is 6. The first-order valence-electron chi connectivity index (χ1n) is 24.7. The van der Waals surface area contributed by atoms with Crippen LogP contribution in [0.25, 0.3) is 22.1 Å². The van der Waals surface area contributed by atoms with Gasteiger partial charge in [0.2, 0.25) is 23.6 Å². The number of aryl methyl sites for hydroxylation is 2. The van der Waals surface area contributed by atoms with Crippen LogP contribution < -0.4 is 21.3 Å². The molecule has 3 aliphatic heterocycles. The van der Waals surface area contributed by atoms with Gasteiger partial charge < -0.3 is 41.2 Å². The van der Waals surface area contributed by atoms with E-state index >= 15 is 0 Å². The molecule has 2 saturated heterocycles. The van der Waals surface area contributed by atoms with Gasteiger partial charge in [-0.25, -0.2) is 9.37 Å². The van der Waals surface area contributed by atoms with Crippen LogP contribution in [0.4, 0.5) is 10.1 Å². The van der Waals surface area contributed by atoms with Crippen molar-refractivity contribution >= 4 is 64.1 Å². The van der Waals surface area contributed by atoms with Gasteiger partial charge in [-0.15, -0.1) is 11.3 Å². The van der Waals surface area contributed by atoms with E-state index < -0.39 is 35.3 Å². The number of hydrogen-bond donors (Lipinski definition) is 6. The van der Waals surface area contributed by atoms with Crippen molar-refractivity contribution in [3.05, 3.63) is 93.1 Å². The molecule has 5 heterocycles. The number of unbranched alkanes of at least 4 members (excludes halogenated alkanes) is 3. The van der Waals surface area contributed by atoms with Crippen molar-refractivity contribution < 1.29 is 38.3 Å². The number of benzene rings is 2. The standard InChI is InChI=1S/C53H68FN9O7S/c1-32-42(28-40-39-26-37(54)18-19-41(39)59-49(40)67)58-33(2)46(32)51(69)55-20-11-21-61-22-24-62(25-23-61)45(66)13-10-8-7-9-12-44(65)60-48(53(4,5)6)52(70)63-30-38(64)27-43(63)50(68)56-29-35-14-16-36(17-15-35)47-34(3)57-31-71-47/h14-19,26,28,31,38,43,48,58,64H,7-13,20-25,27,29-30H2,1-6H3,(H,55,69)(H,56,68)(H,59,67)(H,60,65)/b40-28-/t38-,43+,48-/m1/s1. The number of nitrogens with zero attached hydrogens (tertiary/aromatic N) is 4. The molecule has 0 bridgehead atoms. The molecule has 4 aromatic rings. The smallest absolute Gasteiger partial charge is 0.256 e. The van der Waals surface area contributed by atoms with Gasteiger partial charge in [-0.2, -0.15) is 0 Å². The predicted octanol–water partition coefficient (Wildman–Crippen LogP) is 6.11. The van der Waals surface area contributed by atoms with E-state index in [9.17, 15) is 38.3 Å². The molecular formula is C53H68FN9O7S. The lowest BCUT2D eigenvalue weighted by Gasteiger charge is -2.35. The first-order valence-corrected chi connectivity index (χ1v) is 25.6. The van der Waals surface area contributed by atoms with E-state index in [0.29, 0.717) is 78.2 Å². The normalized spacial score (nSPS) is 18.1. The van der Waals surface area contributed by atoms with Gasteiger partial charge in [0.1, 0.15) is 17.9 Å². The molecule has 3 aliphatic rings. The number of carbonyl (C=O) groups is 6. The van der Waals surface area contributed by atoms with Gasteiger partial charge in [0.05, 0.1) is 33.3 Å². The zero-order chi connectivity index (χ0) is 51.0. The Morgan fingerprint density at radius 2 is 1.66 bits per heavy atom. The van der Waals surface area contributed by atoms with E-state index in [1.165, 1.54) is 23.1 Å². The number of aliphatic hydroxyl groups is 1. The summed E-state index contributed by atoms with van der Waals surface area (Å²) in [5, 5.41) is 22.2. The van der Waals surface area contributed by atoms with Gasteiger partial charge in [-0.1, -0.05) is 57.9 Å². The zero-order valence-electron chi connectivity index (χ0n) is 41.7. The lowest BCUT2D eigenvalue weighted by atomic mass is 9.85. The molecule has 0 unspecified atom stereocenters. The highest BCUT2D eigenvalue weighted by atomic mass is 32.1. The largest absolute Gasteiger partial charge is 0.391 e. The second kappa shape index (κ2) is 23.3. The molecule has 2 aromatic carbocycles. The Hall–Kier alpha value is -6.24. The molecule has 0 spiro atoms. The van der Waals surface area contributed by atoms with E-state index in [1.807, 2.05) is 76.2 Å². The maximum atomic E-state index is 14.0. The summed E-state index contributed by atoms with van der Waals surface area (Å²) >= 11 is 1.57. The fraction of sp³-hybridized carbons (Fsp3) is 0.491. The molecule has 380 valence electrons. The van der Waals surface area contributed by atoms with E-state index in [1.54, 1.807) is 17.4 Å². The Kier molecular flexibility index (Phi) is 17.3. The monoisotopic (exact) mass is 993 g/mol. The maximum Gasteiger partial charge on any atom is 0.256 e. The Balaban J connectivity index is 0.764. The van der Waals surface area contributed by atoms with Crippen molar-refractivity contribution in [2.75, 3.05) is 51.1 Å². The molecule has 6 N–H and O–H groups in total. The number of aromatic nitrogens is 2. The van der Waals surface area contributed by atoms with Crippen molar-refractivity contribution in [1.29, 1.82) is 0 Å². The number of β-amino-alcohol motifs (C(OH)–C–C–N with tert-alkyl or cyclic N) is 1. The third-order valence-corrected chi connectivity index (χ3v) is 14.7. The van der Waals surface area contributed by atoms with E-state index in [4.69, 9.17) is 0 Å². The zero-order valence-corrected chi connectivity index (χ0v) is 42.5. The minimum Gasteiger partial charge on any atom is -0.391 e. The van der Waals surface area contributed by atoms with Crippen LogP contribution in [0.5, 0.6) is 0 Å². The van der Waals surface area contributed by atoms with Crippen LogP contribution in [0.3, 0.4) is 0 Å². The second-order valence-corrected chi connectivity index (χ2v) is 20.9. The van der Waals surface area contributed by atoms with Gasteiger partial charge in [-0.05, 0) is 93.0 Å². The molecule has 16 nitrogen and oxygen atoms in total. The minimum atomic E-state index is -0.899. The quantitative estimate of drug-likeness (QED) is 0.0473. The maximum absolute atomic E-state index is 14.0. The van der Waals surface area contributed by atoms with Gasteiger partial charge in [0.25, 0.3) is 11.8 Å². The van der Waals surface area contributed by atoms with Crippen LogP contribution in [0.1, 0.15) is 116 Å². The third-order valence-electron chi connectivity index (χ3n) is 13.7. The van der Waals surface area contributed by atoms with Crippen LogP contribution in [0.15, 0.2) is 48.0 Å². The minimum absolute atomic E-state index is 0.00306. The average molecular weight is 994 g/mol. The van der Waals surface area contributed by atoms with Crippen LogP contribution in [-0.2, 0) is 30.5 Å². The van der Waals surface area contributed by atoms with Gasteiger partial charge in [0, 0.05) is 87.7 Å². The number of likely N-dealkylation sites (tertiary alicyclic amines) is 1. The first-order chi connectivity index (χ1) is 33.9. The van der Waals surface area contributed by atoms with Crippen molar-refractivity contribution in [3.63, 3.8) is 0 Å². The number of nitrogens with one attached hydrogen (secondary N) is 5. The SMILES string of the molecule is Cc1ncsc1-c1ccc(CNC(=O)[C@@H]2C[C@@H](O)CN2C(=O)[C@@H](NC(=O)CCCCCCC(=O)N2CCN(CCCNC(=O)c3c(C)[nH]c(/C=C4\C(=O)Nc5ccc(F)cc54)c3C)CC2)C(C)(C)C)cc1. The number of fused-ring (bicyclic) bond motifs is 1. The fourth-order valence-corrected chi connectivity index (χ4v) is 10.4. The number of anilines is 1. The summed E-state index contributed by atoms with van der Waals surface area (Å²) in [6.07, 6.45) is 5.16. The van der Waals surface area contributed by atoms with E-state index in [-0.39, 0.29) is 55.5 Å². The molecule has 0 radical (unpaired) electrons. The van der Waals surface area contributed by atoms with Crippen LogP contribution in [0.2, 0.25) is 0 Å². The molecule has 18 heteroatoms. The average Bonchev–Trinajstić information content (AvgIpc) is 4.10. The lowest BCUT2D eigenvalue weighted by molar-refractivity contribution is -0.144. The number of thiazole rings is 1. The topological polar surface area (TPSA) is 209 Å². The first kappa shape index (κ1) is 52.6.